The Kier molecular flexibility index (Phi) is 5.33. The molecule has 2 aromatic carbocycles. The molecule has 4 nitrogen and oxygen atoms in total. The standard InChI is InChI=1S/C19H18N2O2S/c22-16(14-6-2-1-3-7-14)10-11-18(23)20-13-12-19-21-15-8-4-5-9-17(15)24-19/h1-9H,10-13H2,(H,20,23). The van der Waals surface area contributed by atoms with Gasteiger partial charge >= 0.3 is 0 Å². The van der Waals surface area contributed by atoms with Gasteiger partial charge in [-0.1, -0.05) is 42.5 Å². The number of hydrogen-bond acceptors (Lipinski definition) is 4. The number of carbonyl (C=O) groups excluding carboxylic acids is 2. The van der Waals surface area contributed by atoms with Crippen molar-refractivity contribution in [3.8, 4) is 0 Å². The number of para-hydroxylation sites is 1. The van der Waals surface area contributed by atoms with Crippen LogP contribution in [0.1, 0.15) is 28.2 Å². The van der Waals surface area contributed by atoms with Crippen LogP contribution in [0.4, 0.5) is 0 Å². The third kappa shape index (κ3) is 4.26. The molecule has 0 saturated heterocycles. The summed E-state index contributed by atoms with van der Waals surface area (Å²) in [6, 6.07) is 17.1. The van der Waals surface area contributed by atoms with Gasteiger partial charge in [-0.2, -0.15) is 0 Å². The van der Waals surface area contributed by atoms with Crippen LogP contribution in [-0.2, 0) is 11.2 Å². The molecule has 0 radical (unpaired) electrons. The first-order valence-corrected chi connectivity index (χ1v) is 8.73. The summed E-state index contributed by atoms with van der Waals surface area (Å²) < 4.78 is 1.16. The zero-order chi connectivity index (χ0) is 16.8. The van der Waals surface area contributed by atoms with Gasteiger partial charge in [0.25, 0.3) is 0 Å². The molecule has 0 fully saturated rings. The zero-order valence-electron chi connectivity index (χ0n) is 13.2. The van der Waals surface area contributed by atoms with Crippen molar-refractivity contribution < 1.29 is 9.59 Å². The van der Waals surface area contributed by atoms with Gasteiger partial charge in [-0.05, 0) is 12.1 Å². The molecule has 3 aromatic rings. The molecule has 0 aliphatic carbocycles. The van der Waals surface area contributed by atoms with Crippen molar-refractivity contribution in [3.63, 3.8) is 0 Å². The maximum absolute atomic E-state index is 12.0. The Hall–Kier alpha value is -2.53. The van der Waals surface area contributed by atoms with E-state index in [9.17, 15) is 9.59 Å². The maximum Gasteiger partial charge on any atom is 0.220 e. The molecule has 122 valence electrons. The number of hydrogen-bond donors (Lipinski definition) is 1. The first kappa shape index (κ1) is 16.3. The highest BCUT2D eigenvalue weighted by Crippen LogP contribution is 2.21. The fraction of sp³-hybridized carbons (Fsp3) is 0.211. The Bertz CT molecular complexity index is 810. The number of rotatable bonds is 7. The number of nitrogens with zero attached hydrogens (tertiary/aromatic N) is 1. The third-order valence-electron chi connectivity index (χ3n) is 3.67. The summed E-state index contributed by atoms with van der Waals surface area (Å²) in [5.74, 6) is -0.0997. The van der Waals surface area contributed by atoms with Crippen LogP contribution in [0.25, 0.3) is 10.2 Å². The third-order valence-corrected chi connectivity index (χ3v) is 4.77. The molecule has 5 heteroatoms. The Labute approximate surface area is 144 Å². The number of thiazole rings is 1. The van der Waals surface area contributed by atoms with E-state index in [2.05, 4.69) is 10.3 Å². The minimum Gasteiger partial charge on any atom is -0.356 e. The van der Waals surface area contributed by atoms with Crippen molar-refractivity contribution in [3.05, 3.63) is 65.2 Å². The van der Waals surface area contributed by atoms with E-state index >= 15 is 0 Å². The molecular weight excluding hydrogens is 320 g/mol. The predicted molar refractivity (Wildman–Crippen MR) is 96.3 cm³/mol. The Morgan fingerprint density at radius 1 is 0.958 bits per heavy atom. The van der Waals surface area contributed by atoms with E-state index in [1.165, 1.54) is 0 Å². The van der Waals surface area contributed by atoms with E-state index in [1.807, 2.05) is 42.5 Å². The minimum atomic E-state index is -0.0969. The molecule has 1 amide bonds. The van der Waals surface area contributed by atoms with Gasteiger partial charge < -0.3 is 5.32 Å². The Morgan fingerprint density at radius 3 is 2.50 bits per heavy atom. The highest BCUT2D eigenvalue weighted by Gasteiger charge is 2.09. The average Bonchev–Trinajstić information content (AvgIpc) is 3.03. The normalized spacial score (nSPS) is 10.7. The van der Waals surface area contributed by atoms with E-state index in [-0.39, 0.29) is 24.5 Å². The number of benzene rings is 2. The molecule has 1 heterocycles. The molecule has 1 aromatic heterocycles. The molecule has 0 unspecified atom stereocenters. The van der Waals surface area contributed by atoms with Gasteiger partial charge in [-0.25, -0.2) is 4.98 Å². The van der Waals surface area contributed by atoms with Crippen molar-refractivity contribution in [1.29, 1.82) is 0 Å². The number of fused-ring (bicyclic) bond motifs is 1. The molecule has 0 aliphatic rings. The monoisotopic (exact) mass is 338 g/mol. The van der Waals surface area contributed by atoms with Crippen molar-refractivity contribution in [2.24, 2.45) is 0 Å². The molecule has 0 aliphatic heterocycles. The lowest BCUT2D eigenvalue weighted by Crippen LogP contribution is -2.26. The average molecular weight is 338 g/mol. The van der Waals surface area contributed by atoms with E-state index in [0.717, 1.165) is 15.2 Å². The predicted octanol–water partition coefficient (Wildman–Crippen LogP) is 3.62. The van der Waals surface area contributed by atoms with E-state index < -0.39 is 0 Å². The molecule has 0 spiro atoms. The molecule has 1 N–H and O–H groups in total. The molecule has 0 bridgehead atoms. The highest BCUT2D eigenvalue weighted by molar-refractivity contribution is 7.18. The van der Waals surface area contributed by atoms with Crippen LogP contribution in [0.2, 0.25) is 0 Å². The number of Topliss-reactive ketones (excluding diaryl/α,β-unsaturated/α-hetero) is 1. The van der Waals surface area contributed by atoms with Crippen molar-refractivity contribution in [2.75, 3.05) is 6.54 Å². The summed E-state index contributed by atoms with van der Waals surface area (Å²) in [6.07, 6.45) is 1.16. The summed E-state index contributed by atoms with van der Waals surface area (Å²) in [6.45, 7) is 0.540. The van der Waals surface area contributed by atoms with Crippen LogP contribution in [0.3, 0.4) is 0 Å². The SMILES string of the molecule is O=C(CCC(=O)c1ccccc1)NCCc1nc2ccccc2s1. The van der Waals surface area contributed by atoms with Crippen LogP contribution in [0, 0.1) is 0 Å². The number of aromatic nitrogens is 1. The van der Waals surface area contributed by atoms with Gasteiger partial charge in [0.05, 0.1) is 15.2 Å². The van der Waals surface area contributed by atoms with E-state index in [1.54, 1.807) is 23.5 Å². The zero-order valence-corrected chi connectivity index (χ0v) is 14.0. The largest absolute Gasteiger partial charge is 0.356 e. The lowest BCUT2D eigenvalue weighted by molar-refractivity contribution is -0.121. The smallest absolute Gasteiger partial charge is 0.220 e. The van der Waals surface area contributed by atoms with Crippen LogP contribution >= 0.6 is 11.3 Å². The van der Waals surface area contributed by atoms with Crippen LogP contribution in [-0.4, -0.2) is 23.2 Å². The first-order valence-electron chi connectivity index (χ1n) is 7.92. The number of nitrogens with one attached hydrogen (secondary N) is 1. The number of ketones is 1. The number of amides is 1. The Balaban J connectivity index is 1.42. The van der Waals surface area contributed by atoms with Gasteiger partial charge in [0.1, 0.15) is 0 Å². The second-order valence-electron chi connectivity index (χ2n) is 5.46. The molecule has 0 atom stereocenters. The second-order valence-corrected chi connectivity index (χ2v) is 6.58. The molecular formula is C19H18N2O2S. The molecule has 24 heavy (non-hydrogen) atoms. The van der Waals surface area contributed by atoms with Crippen LogP contribution in [0.15, 0.2) is 54.6 Å². The lowest BCUT2D eigenvalue weighted by atomic mass is 10.1. The summed E-state index contributed by atoms with van der Waals surface area (Å²) in [4.78, 5) is 28.4. The molecule has 0 saturated carbocycles. The Morgan fingerprint density at radius 2 is 1.71 bits per heavy atom. The first-order chi connectivity index (χ1) is 11.7. The van der Waals surface area contributed by atoms with Crippen molar-refractivity contribution in [2.45, 2.75) is 19.3 Å². The lowest BCUT2D eigenvalue weighted by Gasteiger charge is -2.04. The van der Waals surface area contributed by atoms with E-state index in [4.69, 9.17) is 0 Å². The summed E-state index contributed by atoms with van der Waals surface area (Å²) >= 11 is 1.65. The maximum atomic E-state index is 12.0. The van der Waals surface area contributed by atoms with Gasteiger partial charge in [-0.15, -0.1) is 11.3 Å². The van der Waals surface area contributed by atoms with E-state index in [0.29, 0.717) is 18.5 Å². The molecule has 3 rings (SSSR count). The fourth-order valence-electron chi connectivity index (χ4n) is 2.42. The summed E-state index contributed by atoms with van der Waals surface area (Å²) in [7, 11) is 0. The fourth-order valence-corrected chi connectivity index (χ4v) is 3.39. The van der Waals surface area contributed by atoms with Crippen molar-refractivity contribution >= 4 is 33.2 Å². The van der Waals surface area contributed by atoms with Crippen LogP contribution < -0.4 is 5.32 Å². The topological polar surface area (TPSA) is 59.1 Å². The second kappa shape index (κ2) is 7.84. The summed E-state index contributed by atoms with van der Waals surface area (Å²) in [5.41, 5.74) is 1.65. The van der Waals surface area contributed by atoms with Crippen molar-refractivity contribution in [1.82, 2.24) is 10.3 Å². The number of carbonyl (C=O) groups is 2. The van der Waals surface area contributed by atoms with Gasteiger partial charge in [-0.3, -0.25) is 9.59 Å². The minimum absolute atomic E-state index is 0.00285. The highest BCUT2D eigenvalue weighted by atomic mass is 32.1. The van der Waals surface area contributed by atoms with Gasteiger partial charge in [0, 0.05) is 31.4 Å². The van der Waals surface area contributed by atoms with Crippen LogP contribution in [0.5, 0.6) is 0 Å². The quantitative estimate of drug-likeness (QED) is 0.669. The van der Waals surface area contributed by atoms with Gasteiger partial charge in [0.15, 0.2) is 5.78 Å². The summed E-state index contributed by atoms with van der Waals surface area (Å²) in [5, 5.41) is 3.87. The van der Waals surface area contributed by atoms with Gasteiger partial charge in [0.2, 0.25) is 5.91 Å².